The number of hydrogen-bond acceptors (Lipinski definition) is 2. The van der Waals surface area contributed by atoms with Gasteiger partial charge in [-0.3, -0.25) is 4.79 Å². The summed E-state index contributed by atoms with van der Waals surface area (Å²) in [6.45, 7) is 8.28. The zero-order chi connectivity index (χ0) is 19.0. The Morgan fingerprint density at radius 1 is 1.15 bits per heavy atom. The maximum atomic E-state index is 12.4. The Morgan fingerprint density at radius 3 is 2.63 bits per heavy atom. The molecule has 2 aliphatic heterocycles. The van der Waals surface area contributed by atoms with Crippen LogP contribution in [0.15, 0.2) is 36.8 Å². The number of piperidine rings is 1. The SMILES string of the molecule is CC(C)(C)CC(=O)N1CCC(CCC2c3ccccc3-c3cncn32)CC1. The Hall–Kier alpha value is -2.10. The van der Waals surface area contributed by atoms with E-state index < -0.39 is 0 Å². The molecule has 1 saturated heterocycles. The van der Waals surface area contributed by atoms with Crippen LogP contribution < -0.4 is 0 Å². The molecule has 4 rings (SSSR count). The fourth-order valence-corrected chi connectivity index (χ4v) is 4.66. The summed E-state index contributed by atoms with van der Waals surface area (Å²) in [5.74, 6) is 1.05. The molecule has 3 heterocycles. The quantitative estimate of drug-likeness (QED) is 0.772. The molecule has 0 spiro atoms. The van der Waals surface area contributed by atoms with Gasteiger partial charge in [-0.25, -0.2) is 4.98 Å². The molecule has 0 saturated carbocycles. The molecule has 1 aromatic carbocycles. The molecule has 1 unspecified atom stereocenters. The van der Waals surface area contributed by atoms with Gasteiger partial charge in [0.05, 0.1) is 24.3 Å². The van der Waals surface area contributed by atoms with Crippen LogP contribution in [0.25, 0.3) is 11.3 Å². The van der Waals surface area contributed by atoms with E-state index in [1.165, 1.54) is 23.2 Å². The van der Waals surface area contributed by atoms with Gasteiger partial charge >= 0.3 is 0 Å². The van der Waals surface area contributed by atoms with Crippen molar-refractivity contribution >= 4 is 5.91 Å². The van der Waals surface area contributed by atoms with E-state index in [2.05, 4.69) is 59.5 Å². The summed E-state index contributed by atoms with van der Waals surface area (Å²) in [5, 5.41) is 0. The van der Waals surface area contributed by atoms with Crippen molar-refractivity contribution < 1.29 is 4.79 Å². The second kappa shape index (κ2) is 7.14. The summed E-state index contributed by atoms with van der Waals surface area (Å²) in [6, 6.07) is 9.15. The number of rotatable bonds is 4. The van der Waals surface area contributed by atoms with E-state index in [4.69, 9.17) is 0 Å². The van der Waals surface area contributed by atoms with Gasteiger partial charge in [0.25, 0.3) is 0 Å². The topological polar surface area (TPSA) is 38.1 Å². The Balaban J connectivity index is 1.33. The molecule has 1 aromatic heterocycles. The van der Waals surface area contributed by atoms with Gasteiger partial charge in [0, 0.05) is 25.1 Å². The number of likely N-dealkylation sites (tertiary alicyclic amines) is 1. The number of amides is 1. The molecular formula is C23H31N3O. The largest absolute Gasteiger partial charge is 0.343 e. The van der Waals surface area contributed by atoms with Crippen LogP contribution in [0.3, 0.4) is 0 Å². The van der Waals surface area contributed by atoms with Crippen LogP contribution in [-0.4, -0.2) is 33.4 Å². The first-order valence-electron chi connectivity index (χ1n) is 10.3. The molecule has 1 fully saturated rings. The van der Waals surface area contributed by atoms with Crippen molar-refractivity contribution in [3.63, 3.8) is 0 Å². The molecule has 1 atom stereocenters. The highest BCUT2D eigenvalue weighted by Gasteiger charge is 2.30. The van der Waals surface area contributed by atoms with E-state index >= 15 is 0 Å². The van der Waals surface area contributed by atoms with Gasteiger partial charge < -0.3 is 9.47 Å². The van der Waals surface area contributed by atoms with Crippen molar-refractivity contribution in [3.8, 4) is 11.3 Å². The lowest BCUT2D eigenvalue weighted by atomic mass is 9.87. The molecule has 4 nitrogen and oxygen atoms in total. The monoisotopic (exact) mass is 365 g/mol. The first kappa shape index (κ1) is 18.3. The molecule has 0 aliphatic carbocycles. The second-order valence-electron chi connectivity index (χ2n) is 9.43. The van der Waals surface area contributed by atoms with Crippen LogP contribution >= 0.6 is 0 Å². The summed E-state index contributed by atoms with van der Waals surface area (Å²) in [7, 11) is 0. The highest BCUT2D eigenvalue weighted by Crippen LogP contribution is 2.42. The zero-order valence-corrected chi connectivity index (χ0v) is 16.8. The van der Waals surface area contributed by atoms with Gasteiger partial charge in [-0.1, -0.05) is 45.0 Å². The summed E-state index contributed by atoms with van der Waals surface area (Å²) >= 11 is 0. The average Bonchev–Trinajstić information content (AvgIpc) is 3.20. The summed E-state index contributed by atoms with van der Waals surface area (Å²) in [6.07, 6.45) is 9.27. The normalized spacial score (nSPS) is 19.8. The van der Waals surface area contributed by atoms with E-state index in [0.717, 1.165) is 38.3 Å². The Kier molecular flexibility index (Phi) is 4.83. The summed E-state index contributed by atoms with van der Waals surface area (Å²) in [4.78, 5) is 18.9. The van der Waals surface area contributed by atoms with Crippen LogP contribution in [0.1, 0.15) is 64.5 Å². The molecule has 2 aromatic rings. The van der Waals surface area contributed by atoms with Crippen molar-refractivity contribution in [1.29, 1.82) is 0 Å². The van der Waals surface area contributed by atoms with Crippen molar-refractivity contribution in [2.75, 3.05) is 13.1 Å². The molecule has 144 valence electrons. The number of hydrogen-bond donors (Lipinski definition) is 0. The lowest BCUT2D eigenvalue weighted by molar-refractivity contribution is -0.134. The number of carbonyl (C=O) groups is 1. The molecule has 4 heteroatoms. The molecule has 1 amide bonds. The van der Waals surface area contributed by atoms with E-state index in [0.29, 0.717) is 18.4 Å². The Bertz CT molecular complexity index is 809. The maximum Gasteiger partial charge on any atom is 0.223 e. The van der Waals surface area contributed by atoms with Gasteiger partial charge in [-0.2, -0.15) is 0 Å². The van der Waals surface area contributed by atoms with Gasteiger partial charge in [-0.15, -0.1) is 0 Å². The van der Waals surface area contributed by atoms with Crippen LogP contribution in [0.5, 0.6) is 0 Å². The van der Waals surface area contributed by atoms with E-state index in [9.17, 15) is 4.79 Å². The third-order valence-corrected chi connectivity index (χ3v) is 6.09. The number of aromatic nitrogens is 2. The average molecular weight is 366 g/mol. The number of benzene rings is 1. The number of nitrogens with zero attached hydrogens (tertiary/aromatic N) is 3. The van der Waals surface area contributed by atoms with Gasteiger partial charge in [0.15, 0.2) is 0 Å². The molecule has 0 N–H and O–H groups in total. The fraction of sp³-hybridized carbons (Fsp3) is 0.565. The van der Waals surface area contributed by atoms with Crippen molar-refractivity contribution in [2.24, 2.45) is 11.3 Å². The molecule has 0 bridgehead atoms. The van der Waals surface area contributed by atoms with Crippen molar-refractivity contribution in [3.05, 3.63) is 42.4 Å². The predicted octanol–water partition coefficient (Wildman–Crippen LogP) is 4.91. The number of imidazole rings is 1. The van der Waals surface area contributed by atoms with Crippen LogP contribution in [0, 0.1) is 11.3 Å². The van der Waals surface area contributed by atoms with Gasteiger partial charge in [0.2, 0.25) is 5.91 Å². The minimum atomic E-state index is 0.0757. The predicted molar refractivity (Wildman–Crippen MR) is 108 cm³/mol. The maximum absolute atomic E-state index is 12.4. The Labute approximate surface area is 162 Å². The highest BCUT2D eigenvalue weighted by molar-refractivity contribution is 5.76. The summed E-state index contributed by atoms with van der Waals surface area (Å²) in [5.41, 5.74) is 4.10. The third-order valence-electron chi connectivity index (χ3n) is 6.09. The smallest absolute Gasteiger partial charge is 0.223 e. The van der Waals surface area contributed by atoms with Crippen molar-refractivity contribution in [2.45, 2.75) is 58.9 Å². The molecule has 2 aliphatic rings. The standard InChI is InChI=1S/C23H31N3O/c1-23(2,3)14-22(27)25-12-10-17(11-13-25)8-9-20-18-6-4-5-7-19(18)21-15-24-16-26(20)21/h4-7,15-17,20H,8-14H2,1-3H3. The van der Waals surface area contributed by atoms with Crippen molar-refractivity contribution in [1.82, 2.24) is 14.5 Å². The molecular weight excluding hydrogens is 334 g/mol. The first-order valence-corrected chi connectivity index (χ1v) is 10.3. The lowest BCUT2D eigenvalue weighted by Crippen LogP contribution is -2.40. The lowest BCUT2D eigenvalue weighted by Gasteiger charge is -2.34. The molecule has 0 radical (unpaired) electrons. The van der Waals surface area contributed by atoms with Crippen LogP contribution in [0.4, 0.5) is 0 Å². The van der Waals surface area contributed by atoms with E-state index in [1.54, 1.807) is 0 Å². The minimum absolute atomic E-state index is 0.0757. The van der Waals surface area contributed by atoms with Crippen LogP contribution in [-0.2, 0) is 4.79 Å². The third kappa shape index (κ3) is 3.80. The Morgan fingerprint density at radius 2 is 1.89 bits per heavy atom. The zero-order valence-electron chi connectivity index (χ0n) is 16.8. The summed E-state index contributed by atoms with van der Waals surface area (Å²) < 4.78 is 2.34. The minimum Gasteiger partial charge on any atom is -0.343 e. The van der Waals surface area contributed by atoms with Gasteiger partial charge in [-0.05, 0) is 42.6 Å². The first-order chi connectivity index (χ1) is 12.9. The number of fused-ring (bicyclic) bond motifs is 3. The van der Waals surface area contributed by atoms with E-state index in [-0.39, 0.29) is 5.41 Å². The van der Waals surface area contributed by atoms with Crippen LogP contribution in [0.2, 0.25) is 0 Å². The van der Waals surface area contributed by atoms with Gasteiger partial charge in [0.1, 0.15) is 0 Å². The molecule has 27 heavy (non-hydrogen) atoms. The highest BCUT2D eigenvalue weighted by atomic mass is 16.2. The number of carbonyl (C=O) groups excluding carboxylic acids is 1. The second-order valence-corrected chi connectivity index (χ2v) is 9.43. The fourth-order valence-electron chi connectivity index (χ4n) is 4.66. The van der Waals surface area contributed by atoms with E-state index in [1.807, 2.05) is 12.5 Å².